The molecule has 2 nitrogen and oxygen atoms in total. The van der Waals surface area contributed by atoms with Crippen molar-refractivity contribution < 1.29 is 9.53 Å². The maximum atomic E-state index is 11.8. The minimum atomic E-state index is -0.0469. The van der Waals surface area contributed by atoms with Gasteiger partial charge in [0, 0.05) is 6.42 Å². The minimum Gasteiger partial charge on any atom is -0.465 e. The summed E-state index contributed by atoms with van der Waals surface area (Å²) in [5.41, 5.74) is 0. The van der Waals surface area contributed by atoms with Gasteiger partial charge in [-0.3, -0.25) is 4.79 Å². The van der Waals surface area contributed by atoms with Crippen LogP contribution in [0.3, 0.4) is 0 Å². The van der Waals surface area contributed by atoms with Gasteiger partial charge in [-0.2, -0.15) is 0 Å². The number of allylic oxidation sites excluding steroid dienone is 8. The van der Waals surface area contributed by atoms with E-state index in [0.29, 0.717) is 13.0 Å². The molecule has 0 saturated heterocycles. The summed E-state index contributed by atoms with van der Waals surface area (Å²) in [6.45, 7) is 6.41. The van der Waals surface area contributed by atoms with Crippen LogP contribution < -0.4 is 0 Å². The third-order valence-corrected chi connectivity index (χ3v) is 5.59. The first-order valence-corrected chi connectivity index (χ1v) is 13.7. The molecule has 188 valence electrons. The molecular formula is C31H52O2. The van der Waals surface area contributed by atoms with Gasteiger partial charge in [0.25, 0.3) is 0 Å². The lowest BCUT2D eigenvalue weighted by Gasteiger charge is -2.03. The second-order valence-corrected chi connectivity index (χ2v) is 8.79. The van der Waals surface area contributed by atoms with Crippen LogP contribution >= 0.6 is 0 Å². The zero-order chi connectivity index (χ0) is 24.1. The Balaban J connectivity index is 3.31. The van der Waals surface area contributed by atoms with Gasteiger partial charge in [-0.05, 0) is 57.8 Å². The first-order chi connectivity index (χ1) is 16.3. The normalized spacial score (nSPS) is 12.0. The van der Waals surface area contributed by atoms with Crippen molar-refractivity contribution in [3.05, 3.63) is 61.3 Å². The van der Waals surface area contributed by atoms with Gasteiger partial charge in [-0.25, -0.2) is 0 Å². The van der Waals surface area contributed by atoms with Crippen molar-refractivity contribution in [3.8, 4) is 0 Å². The third-order valence-electron chi connectivity index (χ3n) is 5.59. The lowest BCUT2D eigenvalue weighted by molar-refractivity contribution is -0.143. The van der Waals surface area contributed by atoms with Crippen LogP contribution in [0.4, 0.5) is 0 Å². The third kappa shape index (κ3) is 28.1. The Morgan fingerprint density at radius 2 is 1.12 bits per heavy atom. The van der Waals surface area contributed by atoms with E-state index in [9.17, 15) is 4.79 Å². The van der Waals surface area contributed by atoms with Crippen LogP contribution in [0.5, 0.6) is 0 Å². The maximum absolute atomic E-state index is 11.8. The molecule has 0 aromatic rings. The van der Waals surface area contributed by atoms with Crippen molar-refractivity contribution in [2.45, 2.75) is 122 Å². The van der Waals surface area contributed by atoms with E-state index in [-0.39, 0.29) is 5.97 Å². The smallest absolute Gasteiger partial charge is 0.305 e. The van der Waals surface area contributed by atoms with Crippen molar-refractivity contribution in [1.82, 2.24) is 0 Å². The minimum absolute atomic E-state index is 0.0469. The Kier molecular flexibility index (Phi) is 26.6. The first-order valence-electron chi connectivity index (χ1n) is 13.7. The molecule has 0 spiro atoms. The van der Waals surface area contributed by atoms with Crippen molar-refractivity contribution in [3.63, 3.8) is 0 Å². The topological polar surface area (TPSA) is 26.3 Å². The number of esters is 1. The van der Waals surface area contributed by atoms with Crippen LogP contribution in [0.15, 0.2) is 61.3 Å². The number of carbonyl (C=O) groups is 1. The van der Waals surface area contributed by atoms with Crippen molar-refractivity contribution in [2.75, 3.05) is 6.61 Å². The average molecular weight is 457 g/mol. The molecule has 0 aromatic carbocycles. The van der Waals surface area contributed by atoms with E-state index < -0.39 is 0 Å². The van der Waals surface area contributed by atoms with Crippen LogP contribution in [-0.4, -0.2) is 12.6 Å². The summed E-state index contributed by atoms with van der Waals surface area (Å²) in [5.74, 6) is -0.0469. The zero-order valence-corrected chi connectivity index (χ0v) is 21.7. The summed E-state index contributed by atoms with van der Waals surface area (Å²) < 4.78 is 5.32. The summed E-state index contributed by atoms with van der Waals surface area (Å²) in [4.78, 5) is 11.8. The molecule has 0 atom stereocenters. The summed E-state index contributed by atoms with van der Waals surface area (Å²) in [6.07, 6.45) is 40.2. The number of carbonyl (C=O) groups excluding carboxylic acids is 1. The molecular weight excluding hydrogens is 404 g/mol. The van der Waals surface area contributed by atoms with E-state index in [4.69, 9.17) is 4.74 Å². The van der Waals surface area contributed by atoms with Crippen LogP contribution in [0.25, 0.3) is 0 Å². The average Bonchev–Trinajstić information content (AvgIpc) is 2.82. The van der Waals surface area contributed by atoms with Gasteiger partial charge in [-0.15, -0.1) is 0 Å². The molecule has 0 aliphatic rings. The molecule has 0 radical (unpaired) electrons. The lowest BCUT2D eigenvalue weighted by atomic mass is 10.1. The molecule has 0 N–H and O–H groups in total. The van der Waals surface area contributed by atoms with Crippen molar-refractivity contribution in [1.29, 1.82) is 0 Å². The Bertz CT molecular complexity index is 539. The van der Waals surface area contributed by atoms with Crippen molar-refractivity contribution >= 4 is 5.97 Å². The van der Waals surface area contributed by atoms with E-state index >= 15 is 0 Å². The van der Waals surface area contributed by atoms with E-state index in [1.54, 1.807) is 6.08 Å². The Hall–Kier alpha value is -1.83. The molecule has 2 heteroatoms. The first kappa shape index (κ1) is 31.2. The highest BCUT2D eigenvalue weighted by atomic mass is 16.5. The summed E-state index contributed by atoms with van der Waals surface area (Å²) >= 11 is 0. The van der Waals surface area contributed by atoms with E-state index in [2.05, 4.69) is 50.0 Å². The second kappa shape index (κ2) is 28.2. The van der Waals surface area contributed by atoms with Gasteiger partial charge in [0.1, 0.15) is 0 Å². The highest BCUT2D eigenvalue weighted by Crippen LogP contribution is 2.10. The van der Waals surface area contributed by atoms with Crippen molar-refractivity contribution in [2.24, 2.45) is 0 Å². The molecule has 33 heavy (non-hydrogen) atoms. The van der Waals surface area contributed by atoms with Crippen LogP contribution in [0.1, 0.15) is 122 Å². The lowest BCUT2D eigenvalue weighted by Crippen LogP contribution is -2.04. The maximum Gasteiger partial charge on any atom is 0.305 e. The van der Waals surface area contributed by atoms with E-state index in [1.807, 2.05) is 12.2 Å². The Labute approximate surface area is 206 Å². The van der Waals surface area contributed by atoms with Crippen LogP contribution in [-0.2, 0) is 9.53 Å². The molecule has 0 fully saturated rings. The van der Waals surface area contributed by atoms with E-state index in [1.165, 1.54) is 77.0 Å². The highest BCUT2D eigenvalue weighted by Gasteiger charge is 2.01. The van der Waals surface area contributed by atoms with Crippen LogP contribution in [0.2, 0.25) is 0 Å². The molecule has 0 aliphatic carbocycles. The fraction of sp³-hybridized carbons (Fsp3) is 0.645. The summed E-state index contributed by atoms with van der Waals surface area (Å²) in [7, 11) is 0. The molecule has 0 heterocycles. The molecule has 0 unspecified atom stereocenters. The molecule has 0 saturated carbocycles. The molecule has 0 bridgehead atoms. The summed E-state index contributed by atoms with van der Waals surface area (Å²) in [5, 5.41) is 0. The molecule has 0 aromatic heterocycles. The molecule has 0 amide bonds. The summed E-state index contributed by atoms with van der Waals surface area (Å²) in [6, 6.07) is 0. The Morgan fingerprint density at radius 3 is 1.73 bits per heavy atom. The monoisotopic (exact) mass is 456 g/mol. The predicted octanol–water partition coefficient (Wildman–Crippen LogP) is 9.98. The molecule has 0 rings (SSSR count). The Morgan fingerprint density at radius 1 is 0.606 bits per heavy atom. The molecule has 0 aliphatic heterocycles. The number of rotatable bonds is 24. The van der Waals surface area contributed by atoms with Crippen LogP contribution in [0, 0.1) is 0 Å². The fourth-order valence-electron chi connectivity index (χ4n) is 3.54. The van der Waals surface area contributed by atoms with Gasteiger partial charge in [0.15, 0.2) is 0 Å². The quantitative estimate of drug-likeness (QED) is 0.0625. The van der Waals surface area contributed by atoms with E-state index in [0.717, 1.165) is 32.1 Å². The van der Waals surface area contributed by atoms with Gasteiger partial charge in [-0.1, -0.05) is 120 Å². The fourth-order valence-corrected chi connectivity index (χ4v) is 3.54. The largest absolute Gasteiger partial charge is 0.465 e. The van der Waals surface area contributed by atoms with Gasteiger partial charge < -0.3 is 4.74 Å². The number of hydrogen-bond donors (Lipinski definition) is 0. The standard InChI is InChI=1S/C31H52O2/c1-3-5-7-9-11-13-15-16-17-18-19-20-22-24-26-28-30-33-31(32)29-27-25-23-21-14-12-10-8-6-4-2/h4,6,8-12,24,26H,2-3,5,7,13-23,25,27-30H2,1H3/b8-6+,11-9+,12-10-,26-24-. The highest BCUT2D eigenvalue weighted by molar-refractivity contribution is 5.69. The number of hydrogen-bond acceptors (Lipinski definition) is 2. The number of unbranched alkanes of at least 4 members (excludes halogenated alkanes) is 13. The number of ether oxygens (including phenoxy) is 1. The van der Waals surface area contributed by atoms with Gasteiger partial charge in [0.2, 0.25) is 0 Å². The van der Waals surface area contributed by atoms with Gasteiger partial charge in [0.05, 0.1) is 6.61 Å². The SMILES string of the molecule is C=C/C=C/C=C\CCCCCCC(=O)OCC/C=C\CCCCCCCC/C=C/CCCC. The predicted molar refractivity (Wildman–Crippen MR) is 146 cm³/mol. The zero-order valence-electron chi connectivity index (χ0n) is 21.7. The van der Waals surface area contributed by atoms with Gasteiger partial charge >= 0.3 is 5.97 Å². The second-order valence-electron chi connectivity index (χ2n) is 8.79.